The Balaban J connectivity index is 1.42. The van der Waals surface area contributed by atoms with Gasteiger partial charge in [-0.05, 0) is 67.2 Å². The minimum absolute atomic E-state index is 0.0214. The number of rotatable bonds is 2. The van der Waals surface area contributed by atoms with Gasteiger partial charge in [-0.1, -0.05) is 18.2 Å². The lowest BCUT2D eigenvalue weighted by atomic mass is 9.74. The Morgan fingerprint density at radius 2 is 1.53 bits per heavy atom. The summed E-state index contributed by atoms with van der Waals surface area (Å²) >= 11 is 0. The summed E-state index contributed by atoms with van der Waals surface area (Å²) in [6.45, 7) is 4.94. The van der Waals surface area contributed by atoms with Crippen molar-refractivity contribution in [3.05, 3.63) is 81.2 Å². The molecule has 6 nitrogen and oxygen atoms in total. The number of ketones is 2. The van der Waals surface area contributed by atoms with Crippen LogP contribution in [-0.2, 0) is 22.4 Å². The summed E-state index contributed by atoms with van der Waals surface area (Å²) in [5, 5.41) is 20.5. The second-order valence-corrected chi connectivity index (χ2v) is 9.68. The molecule has 2 heterocycles. The van der Waals surface area contributed by atoms with Crippen molar-refractivity contribution in [1.82, 2.24) is 0 Å². The van der Waals surface area contributed by atoms with E-state index in [1.807, 2.05) is 26.2 Å². The van der Waals surface area contributed by atoms with Gasteiger partial charge >= 0.3 is 0 Å². The standard InChI is InChI=1S/C28H30N2O4/c1-5-19-25(31)21(26(19)32)9-15-7-17-11-24-18(12-23(17)29(3)13-15)8-16(14-30(24)4)10-22-27(33)20(6-2)28(22)34/h5-6,9-12,21,25,31,33H,7-8,13-14H2,1-4H3/b15-9-,16-10-,19-5?,20-6?. The molecule has 2 aliphatic heterocycles. The van der Waals surface area contributed by atoms with E-state index >= 15 is 0 Å². The zero-order valence-corrected chi connectivity index (χ0v) is 20.1. The van der Waals surface area contributed by atoms with Gasteiger partial charge < -0.3 is 20.0 Å². The van der Waals surface area contributed by atoms with Gasteiger partial charge in [-0.15, -0.1) is 0 Å². The molecule has 0 amide bonds. The normalized spacial score (nSPS) is 29.1. The summed E-state index contributed by atoms with van der Waals surface area (Å²) in [4.78, 5) is 28.9. The lowest BCUT2D eigenvalue weighted by Crippen LogP contribution is -2.44. The van der Waals surface area contributed by atoms with Crippen LogP contribution in [0.1, 0.15) is 25.0 Å². The van der Waals surface area contributed by atoms with Crippen LogP contribution in [0.15, 0.2) is 70.1 Å². The highest BCUT2D eigenvalue weighted by atomic mass is 16.3. The highest BCUT2D eigenvalue weighted by Crippen LogP contribution is 2.40. The van der Waals surface area contributed by atoms with Crippen molar-refractivity contribution >= 4 is 22.9 Å². The molecule has 6 heteroatoms. The van der Waals surface area contributed by atoms with Gasteiger partial charge in [0.1, 0.15) is 5.76 Å². The van der Waals surface area contributed by atoms with E-state index in [-0.39, 0.29) is 17.3 Å². The van der Waals surface area contributed by atoms with E-state index in [2.05, 4.69) is 21.9 Å². The number of hydrogen-bond donors (Lipinski definition) is 2. The van der Waals surface area contributed by atoms with Gasteiger partial charge in [0.05, 0.1) is 23.2 Å². The Morgan fingerprint density at radius 1 is 0.941 bits per heavy atom. The maximum atomic E-state index is 12.3. The number of fused-ring (bicyclic) bond motifs is 2. The second kappa shape index (κ2) is 8.13. The molecule has 2 aliphatic carbocycles. The molecule has 176 valence electrons. The molecule has 0 radical (unpaired) electrons. The smallest absolute Gasteiger partial charge is 0.200 e. The van der Waals surface area contributed by atoms with Crippen LogP contribution >= 0.6 is 0 Å². The summed E-state index contributed by atoms with van der Waals surface area (Å²) in [5.74, 6) is -0.420. The third-order valence-corrected chi connectivity index (χ3v) is 7.43. The first-order chi connectivity index (χ1) is 16.2. The van der Waals surface area contributed by atoms with Crippen LogP contribution in [0.2, 0.25) is 0 Å². The molecule has 1 aromatic carbocycles. The van der Waals surface area contributed by atoms with Gasteiger partial charge in [0.2, 0.25) is 0 Å². The topological polar surface area (TPSA) is 81.1 Å². The molecule has 34 heavy (non-hydrogen) atoms. The second-order valence-electron chi connectivity index (χ2n) is 9.68. The van der Waals surface area contributed by atoms with Crippen molar-refractivity contribution in [2.24, 2.45) is 5.92 Å². The Labute approximate surface area is 199 Å². The van der Waals surface area contributed by atoms with Crippen LogP contribution in [-0.4, -0.2) is 55.1 Å². The molecule has 2 unspecified atom stereocenters. The zero-order chi connectivity index (χ0) is 24.3. The van der Waals surface area contributed by atoms with Gasteiger partial charge in [-0.3, -0.25) is 9.59 Å². The zero-order valence-electron chi connectivity index (χ0n) is 20.1. The number of likely N-dealkylation sites (N-methyl/N-ethyl adjacent to an activating group) is 2. The number of aliphatic hydroxyl groups excluding tert-OH is 2. The Hall–Kier alpha value is -3.38. The molecule has 0 aromatic heterocycles. The van der Waals surface area contributed by atoms with Gasteiger partial charge in [0, 0.05) is 44.1 Å². The van der Waals surface area contributed by atoms with E-state index in [0.717, 1.165) is 35.4 Å². The molecule has 1 aromatic rings. The largest absolute Gasteiger partial charge is 0.506 e. The minimum Gasteiger partial charge on any atom is -0.506 e. The van der Waals surface area contributed by atoms with Gasteiger partial charge in [-0.25, -0.2) is 0 Å². The Morgan fingerprint density at radius 3 is 2.06 bits per heavy atom. The molecule has 4 aliphatic rings. The highest BCUT2D eigenvalue weighted by molar-refractivity contribution is 6.20. The lowest BCUT2D eigenvalue weighted by Gasteiger charge is -2.37. The Bertz CT molecular complexity index is 1280. The summed E-state index contributed by atoms with van der Waals surface area (Å²) in [5.41, 5.74) is 8.28. The number of benzene rings is 1. The molecule has 1 saturated carbocycles. The van der Waals surface area contributed by atoms with Gasteiger partial charge in [0.25, 0.3) is 0 Å². The molecule has 5 rings (SSSR count). The van der Waals surface area contributed by atoms with Crippen LogP contribution in [0.4, 0.5) is 11.4 Å². The summed E-state index contributed by atoms with van der Waals surface area (Å²) in [6.07, 6.45) is 7.94. The first kappa shape index (κ1) is 22.4. The van der Waals surface area contributed by atoms with Crippen molar-refractivity contribution in [2.75, 3.05) is 37.0 Å². The van der Waals surface area contributed by atoms with Crippen LogP contribution in [0.25, 0.3) is 0 Å². The predicted molar refractivity (Wildman–Crippen MR) is 133 cm³/mol. The number of aliphatic hydroxyl groups is 2. The maximum absolute atomic E-state index is 12.3. The number of carbonyl (C=O) groups excluding carboxylic acids is 2. The van der Waals surface area contributed by atoms with Crippen molar-refractivity contribution in [2.45, 2.75) is 32.8 Å². The fourth-order valence-corrected chi connectivity index (χ4v) is 5.61. The third kappa shape index (κ3) is 3.36. The predicted octanol–water partition coefficient (Wildman–Crippen LogP) is 3.37. The molecule has 0 saturated heterocycles. The van der Waals surface area contributed by atoms with Gasteiger partial charge in [-0.2, -0.15) is 0 Å². The van der Waals surface area contributed by atoms with Crippen LogP contribution in [0, 0.1) is 5.92 Å². The van der Waals surface area contributed by atoms with Crippen LogP contribution in [0.3, 0.4) is 0 Å². The summed E-state index contributed by atoms with van der Waals surface area (Å²) in [6, 6.07) is 4.45. The van der Waals surface area contributed by atoms with Gasteiger partial charge in [0.15, 0.2) is 11.6 Å². The van der Waals surface area contributed by atoms with Crippen molar-refractivity contribution < 1.29 is 19.8 Å². The Kier molecular flexibility index (Phi) is 5.36. The van der Waals surface area contributed by atoms with E-state index in [4.69, 9.17) is 0 Å². The molecular formula is C28H30N2O4. The van der Waals surface area contributed by atoms with Crippen molar-refractivity contribution in [1.29, 1.82) is 0 Å². The molecule has 0 spiro atoms. The molecule has 1 fully saturated rings. The van der Waals surface area contributed by atoms with E-state index < -0.39 is 12.0 Å². The number of carbonyl (C=O) groups is 2. The van der Waals surface area contributed by atoms with E-state index in [0.29, 0.717) is 29.8 Å². The SMILES string of the molecule is CC=C1C(=O)C(/C=C2/Cc3cc4c(cc3N(C)C2)C/C(=C/C2C(=O)C(=CC)C2O)CN4C)=C1O. The quantitative estimate of drug-likeness (QED) is 0.523. The average molecular weight is 459 g/mol. The summed E-state index contributed by atoms with van der Waals surface area (Å²) < 4.78 is 0. The van der Waals surface area contributed by atoms with Crippen LogP contribution < -0.4 is 9.80 Å². The fourth-order valence-electron chi connectivity index (χ4n) is 5.61. The fraction of sp³-hybridized carbons (Fsp3) is 0.357. The molecular weight excluding hydrogens is 428 g/mol. The summed E-state index contributed by atoms with van der Waals surface area (Å²) in [7, 11) is 4.09. The number of nitrogens with zero attached hydrogens (tertiary/aromatic N) is 2. The number of Topliss-reactive ketones (excluding diaryl/α,β-unsaturated/α-hetero) is 2. The number of hydrogen-bond acceptors (Lipinski definition) is 6. The monoisotopic (exact) mass is 458 g/mol. The average Bonchev–Trinajstić information content (AvgIpc) is 2.81. The molecule has 2 atom stereocenters. The number of allylic oxidation sites excluding steroid dienone is 5. The number of anilines is 2. The van der Waals surface area contributed by atoms with E-state index in [9.17, 15) is 19.8 Å². The third-order valence-electron chi connectivity index (χ3n) is 7.43. The van der Waals surface area contributed by atoms with Crippen molar-refractivity contribution in [3.8, 4) is 0 Å². The first-order valence-electron chi connectivity index (χ1n) is 11.7. The van der Waals surface area contributed by atoms with E-state index in [1.54, 1.807) is 26.0 Å². The molecule has 0 bridgehead atoms. The van der Waals surface area contributed by atoms with E-state index in [1.165, 1.54) is 11.1 Å². The molecule has 2 N–H and O–H groups in total. The highest BCUT2D eigenvalue weighted by Gasteiger charge is 2.42. The maximum Gasteiger partial charge on any atom is 0.200 e. The first-order valence-corrected chi connectivity index (χ1v) is 11.7. The van der Waals surface area contributed by atoms with Crippen LogP contribution in [0.5, 0.6) is 0 Å². The van der Waals surface area contributed by atoms with Crippen molar-refractivity contribution in [3.63, 3.8) is 0 Å². The minimum atomic E-state index is -0.697. The lowest BCUT2D eigenvalue weighted by molar-refractivity contribution is -0.127.